The van der Waals surface area contributed by atoms with Crippen molar-refractivity contribution in [1.29, 1.82) is 5.26 Å². The third-order valence-corrected chi connectivity index (χ3v) is 3.15. The molecule has 1 saturated carbocycles. The zero-order valence-electron chi connectivity index (χ0n) is 8.37. The highest BCUT2D eigenvalue weighted by molar-refractivity contribution is 4.90. The van der Waals surface area contributed by atoms with Crippen molar-refractivity contribution in [3.05, 3.63) is 0 Å². The van der Waals surface area contributed by atoms with Crippen LogP contribution >= 0.6 is 0 Å². The molecule has 0 aromatic carbocycles. The normalized spacial score (nSPS) is 23.5. The molecule has 0 aromatic rings. The maximum absolute atomic E-state index is 9.91. The second-order valence-corrected chi connectivity index (χ2v) is 4.03. The van der Waals surface area contributed by atoms with Crippen molar-refractivity contribution in [3.8, 4) is 6.07 Å². The number of aliphatic hydroxyl groups is 1. The summed E-state index contributed by atoms with van der Waals surface area (Å²) in [7, 11) is 0. The van der Waals surface area contributed by atoms with E-state index >= 15 is 0 Å². The molecule has 1 rings (SSSR count). The molecule has 1 aliphatic carbocycles. The van der Waals surface area contributed by atoms with Crippen molar-refractivity contribution in [2.75, 3.05) is 0 Å². The highest BCUT2D eigenvalue weighted by Crippen LogP contribution is 2.30. The molecule has 2 heteroatoms. The van der Waals surface area contributed by atoms with E-state index in [1.165, 1.54) is 19.3 Å². The molecule has 0 amide bonds. The van der Waals surface area contributed by atoms with Crippen molar-refractivity contribution >= 4 is 0 Å². The van der Waals surface area contributed by atoms with E-state index in [0.717, 1.165) is 19.3 Å². The molecule has 0 heterocycles. The third-order valence-electron chi connectivity index (χ3n) is 3.15. The number of nitrogens with zero attached hydrogens (tertiary/aromatic N) is 1. The summed E-state index contributed by atoms with van der Waals surface area (Å²) >= 11 is 0. The molecule has 0 unspecified atom stereocenters. The van der Waals surface area contributed by atoms with Gasteiger partial charge in [-0.25, -0.2) is 0 Å². The quantitative estimate of drug-likeness (QED) is 0.727. The van der Waals surface area contributed by atoms with E-state index in [9.17, 15) is 5.11 Å². The number of rotatable bonds is 3. The summed E-state index contributed by atoms with van der Waals surface area (Å²) in [6.45, 7) is 1.97. The van der Waals surface area contributed by atoms with Gasteiger partial charge in [0.2, 0.25) is 0 Å². The van der Waals surface area contributed by atoms with Gasteiger partial charge in [-0.15, -0.1) is 0 Å². The van der Waals surface area contributed by atoms with Gasteiger partial charge in [-0.3, -0.25) is 0 Å². The van der Waals surface area contributed by atoms with Gasteiger partial charge in [0.1, 0.15) is 0 Å². The van der Waals surface area contributed by atoms with Crippen LogP contribution in [-0.4, -0.2) is 11.2 Å². The largest absolute Gasteiger partial charge is 0.391 e. The molecule has 74 valence electrons. The highest BCUT2D eigenvalue weighted by Gasteiger charge is 2.27. The smallest absolute Gasteiger partial charge is 0.0726 e. The van der Waals surface area contributed by atoms with Crippen LogP contribution < -0.4 is 0 Å². The van der Waals surface area contributed by atoms with Crippen LogP contribution in [0.5, 0.6) is 0 Å². The Bertz CT molecular complexity index is 179. The first-order chi connectivity index (χ1) is 6.29. The fourth-order valence-electron chi connectivity index (χ4n) is 2.21. The monoisotopic (exact) mass is 181 g/mol. The summed E-state index contributed by atoms with van der Waals surface area (Å²) in [5.41, 5.74) is 0. The average molecular weight is 181 g/mol. The Labute approximate surface area is 80.6 Å². The first-order valence-electron chi connectivity index (χ1n) is 5.37. The van der Waals surface area contributed by atoms with Gasteiger partial charge in [0, 0.05) is 0 Å². The minimum absolute atomic E-state index is 0.150. The minimum Gasteiger partial charge on any atom is -0.391 e. The molecular weight excluding hydrogens is 162 g/mol. The topological polar surface area (TPSA) is 44.0 Å². The molecule has 0 spiro atoms. The van der Waals surface area contributed by atoms with Crippen LogP contribution in [0.4, 0.5) is 0 Å². The van der Waals surface area contributed by atoms with Gasteiger partial charge >= 0.3 is 0 Å². The van der Waals surface area contributed by atoms with Crippen molar-refractivity contribution in [3.63, 3.8) is 0 Å². The maximum atomic E-state index is 9.91. The molecule has 1 fully saturated rings. The van der Waals surface area contributed by atoms with Gasteiger partial charge in [0.05, 0.1) is 18.1 Å². The van der Waals surface area contributed by atoms with Crippen LogP contribution in [0.1, 0.15) is 45.4 Å². The number of hydrogen-bond acceptors (Lipinski definition) is 2. The van der Waals surface area contributed by atoms with Gasteiger partial charge < -0.3 is 5.11 Å². The van der Waals surface area contributed by atoms with Gasteiger partial charge in [0.25, 0.3) is 0 Å². The number of aliphatic hydroxyl groups excluding tert-OH is 1. The SMILES string of the molecule is CC[C@H](C#N)[C@@H](O)C1CCCCC1. The molecule has 1 N–H and O–H groups in total. The predicted molar refractivity (Wildman–Crippen MR) is 52.0 cm³/mol. The Kier molecular flexibility index (Phi) is 4.24. The molecule has 0 bridgehead atoms. The van der Waals surface area contributed by atoms with Gasteiger partial charge in [-0.1, -0.05) is 26.2 Å². The first-order valence-corrected chi connectivity index (χ1v) is 5.37. The van der Waals surface area contributed by atoms with Crippen molar-refractivity contribution in [2.24, 2.45) is 11.8 Å². The van der Waals surface area contributed by atoms with Gasteiger partial charge in [0.15, 0.2) is 0 Å². The summed E-state index contributed by atoms with van der Waals surface area (Å²) in [5, 5.41) is 18.7. The lowest BCUT2D eigenvalue weighted by atomic mass is 9.80. The van der Waals surface area contributed by atoms with E-state index in [2.05, 4.69) is 6.07 Å². The van der Waals surface area contributed by atoms with Crippen LogP contribution in [0.2, 0.25) is 0 Å². The van der Waals surface area contributed by atoms with E-state index in [0.29, 0.717) is 5.92 Å². The van der Waals surface area contributed by atoms with E-state index in [1.807, 2.05) is 6.92 Å². The summed E-state index contributed by atoms with van der Waals surface area (Å²) in [6.07, 6.45) is 6.36. The second kappa shape index (κ2) is 5.24. The molecule has 0 saturated heterocycles. The Morgan fingerprint density at radius 3 is 2.46 bits per heavy atom. The fourth-order valence-corrected chi connectivity index (χ4v) is 2.21. The second-order valence-electron chi connectivity index (χ2n) is 4.03. The lowest BCUT2D eigenvalue weighted by Crippen LogP contribution is -2.29. The zero-order valence-corrected chi connectivity index (χ0v) is 8.37. The number of nitriles is 1. The zero-order chi connectivity index (χ0) is 9.68. The van der Waals surface area contributed by atoms with Crippen molar-refractivity contribution < 1.29 is 5.11 Å². The van der Waals surface area contributed by atoms with Gasteiger partial charge in [-0.2, -0.15) is 5.26 Å². The summed E-state index contributed by atoms with van der Waals surface area (Å²) in [4.78, 5) is 0. The molecule has 0 aromatic heterocycles. The Hall–Kier alpha value is -0.550. The average Bonchev–Trinajstić information content (AvgIpc) is 2.21. The van der Waals surface area contributed by atoms with Crippen LogP contribution in [-0.2, 0) is 0 Å². The fraction of sp³-hybridized carbons (Fsp3) is 0.909. The molecule has 13 heavy (non-hydrogen) atoms. The molecule has 0 aliphatic heterocycles. The molecule has 0 radical (unpaired) electrons. The first kappa shape index (κ1) is 10.5. The summed E-state index contributed by atoms with van der Waals surface area (Å²) in [6, 6.07) is 2.20. The maximum Gasteiger partial charge on any atom is 0.0726 e. The summed E-state index contributed by atoms with van der Waals surface area (Å²) < 4.78 is 0. The Balaban J connectivity index is 2.44. The van der Waals surface area contributed by atoms with E-state index in [-0.39, 0.29) is 12.0 Å². The predicted octanol–water partition coefficient (Wildman–Crippen LogP) is 2.48. The van der Waals surface area contributed by atoms with Crippen LogP contribution in [0.15, 0.2) is 0 Å². The van der Waals surface area contributed by atoms with Crippen LogP contribution in [0, 0.1) is 23.2 Å². The third kappa shape index (κ3) is 2.70. The minimum atomic E-state index is -0.379. The van der Waals surface area contributed by atoms with E-state index in [1.54, 1.807) is 0 Å². The Morgan fingerprint density at radius 2 is 2.00 bits per heavy atom. The lowest BCUT2D eigenvalue weighted by Gasteiger charge is -2.28. The highest BCUT2D eigenvalue weighted by atomic mass is 16.3. The van der Waals surface area contributed by atoms with Crippen molar-refractivity contribution in [2.45, 2.75) is 51.6 Å². The standard InChI is InChI=1S/C11H19NO/c1-2-9(8-12)11(13)10-6-4-3-5-7-10/h9-11,13H,2-7H2,1H3/t9-,11-/m1/s1. The molecule has 2 nitrogen and oxygen atoms in total. The molecular formula is C11H19NO. The van der Waals surface area contributed by atoms with E-state index in [4.69, 9.17) is 5.26 Å². The lowest BCUT2D eigenvalue weighted by molar-refractivity contribution is 0.0511. The number of hydrogen-bond donors (Lipinski definition) is 1. The molecule has 1 aliphatic rings. The van der Waals surface area contributed by atoms with Crippen LogP contribution in [0.25, 0.3) is 0 Å². The summed E-state index contributed by atoms with van der Waals surface area (Å²) in [5.74, 6) is 0.237. The molecule has 2 atom stereocenters. The van der Waals surface area contributed by atoms with Gasteiger partial charge in [-0.05, 0) is 25.2 Å². The van der Waals surface area contributed by atoms with E-state index < -0.39 is 0 Å². The van der Waals surface area contributed by atoms with Crippen molar-refractivity contribution in [1.82, 2.24) is 0 Å². The Morgan fingerprint density at radius 1 is 1.38 bits per heavy atom. The van der Waals surface area contributed by atoms with Crippen LogP contribution in [0.3, 0.4) is 0 Å².